The molecule has 0 aliphatic carbocycles. The fourth-order valence-electron chi connectivity index (χ4n) is 1.57. The summed E-state index contributed by atoms with van der Waals surface area (Å²) in [6.07, 6.45) is 4.86. The number of aromatic nitrogens is 1. The molecule has 0 saturated heterocycles. The second kappa shape index (κ2) is 6.98. The third-order valence-corrected chi connectivity index (χ3v) is 2.86. The molecular weight excluding hydrogens is 216 g/mol. The number of nitrogens with one attached hydrogen (secondary N) is 1. The minimum absolute atomic E-state index is 0.119. The SMILES string of the molecule is CC(CCC(=O)NN)N(C)Cc1cccnc1. The van der Waals surface area contributed by atoms with Crippen LogP contribution in [-0.4, -0.2) is 28.9 Å². The third kappa shape index (κ3) is 4.93. The molecule has 5 nitrogen and oxygen atoms in total. The van der Waals surface area contributed by atoms with E-state index in [1.54, 1.807) is 6.20 Å². The molecule has 3 N–H and O–H groups in total. The summed E-state index contributed by atoms with van der Waals surface area (Å²) >= 11 is 0. The molecule has 0 aliphatic heterocycles. The lowest BCUT2D eigenvalue weighted by atomic mass is 10.1. The van der Waals surface area contributed by atoms with Crippen LogP contribution in [0, 0.1) is 0 Å². The van der Waals surface area contributed by atoms with Crippen molar-refractivity contribution in [2.75, 3.05) is 7.05 Å². The van der Waals surface area contributed by atoms with Gasteiger partial charge in [0.1, 0.15) is 0 Å². The highest BCUT2D eigenvalue weighted by atomic mass is 16.2. The first kappa shape index (κ1) is 13.6. The number of carbonyl (C=O) groups is 1. The van der Waals surface area contributed by atoms with Crippen LogP contribution in [0.15, 0.2) is 24.5 Å². The maximum Gasteiger partial charge on any atom is 0.233 e. The maximum absolute atomic E-state index is 11.0. The number of hydrazine groups is 1. The van der Waals surface area contributed by atoms with Crippen molar-refractivity contribution in [1.29, 1.82) is 0 Å². The van der Waals surface area contributed by atoms with E-state index in [2.05, 4.69) is 22.2 Å². The van der Waals surface area contributed by atoms with Crippen molar-refractivity contribution < 1.29 is 4.79 Å². The summed E-state index contributed by atoms with van der Waals surface area (Å²) < 4.78 is 0. The molecule has 1 aromatic heterocycles. The Morgan fingerprint density at radius 1 is 1.65 bits per heavy atom. The normalized spacial score (nSPS) is 12.5. The van der Waals surface area contributed by atoms with Gasteiger partial charge < -0.3 is 0 Å². The van der Waals surface area contributed by atoms with Crippen LogP contribution in [0.4, 0.5) is 0 Å². The van der Waals surface area contributed by atoms with E-state index in [0.29, 0.717) is 12.5 Å². The molecule has 0 radical (unpaired) electrons. The van der Waals surface area contributed by atoms with E-state index < -0.39 is 0 Å². The minimum atomic E-state index is -0.119. The Labute approximate surface area is 102 Å². The molecule has 1 unspecified atom stereocenters. The smallest absolute Gasteiger partial charge is 0.233 e. The number of pyridine rings is 1. The zero-order chi connectivity index (χ0) is 12.7. The topological polar surface area (TPSA) is 71.2 Å². The largest absolute Gasteiger partial charge is 0.299 e. The number of hydrogen-bond donors (Lipinski definition) is 2. The second-order valence-corrected chi connectivity index (χ2v) is 4.23. The quantitative estimate of drug-likeness (QED) is 0.433. The van der Waals surface area contributed by atoms with Crippen LogP contribution < -0.4 is 11.3 Å². The van der Waals surface area contributed by atoms with Crippen LogP contribution in [0.2, 0.25) is 0 Å². The first-order chi connectivity index (χ1) is 8.13. The first-order valence-corrected chi connectivity index (χ1v) is 5.72. The van der Waals surface area contributed by atoms with Crippen molar-refractivity contribution in [1.82, 2.24) is 15.3 Å². The minimum Gasteiger partial charge on any atom is -0.299 e. The van der Waals surface area contributed by atoms with Gasteiger partial charge in [-0.25, -0.2) is 5.84 Å². The van der Waals surface area contributed by atoms with Crippen molar-refractivity contribution in [2.24, 2.45) is 5.84 Å². The predicted molar refractivity (Wildman–Crippen MR) is 66.7 cm³/mol. The molecule has 0 fully saturated rings. The molecule has 0 aromatic carbocycles. The highest BCUT2D eigenvalue weighted by molar-refractivity contribution is 5.75. The maximum atomic E-state index is 11.0. The fourth-order valence-corrected chi connectivity index (χ4v) is 1.57. The van der Waals surface area contributed by atoms with Gasteiger partial charge in [-0.2, -0.15) is 0 Å². The van der Waals surface area contributed by atoms with Gasteiger partial charge >= 0.3 is 0 Å². The van der Waals surface area contributed by atoms with Gasteiger partial charge in [0.05, 0.1) is 0 Å². The van der Waals surface area contributed by atoms with Crippen molar-refractivity contribution in [3.8, 4) is 0 Å². The highest BCUT2D eigenvalue weighted by Gasteiger charge is 2.11. The zero-order valence-corrected chi connectivity index (χ0v) is 10.4. The van der Waals surface area contributed by atoms with Gasteiger partial charge in [0.2, 0.25) is 5.91 Å². The molecule has 17 heavy (non-hydrogen) atoms. The molecule has 1 heterocycles. The van der Waals surface area contributed by atoms with Crippen molar-refractivity contribution in [2.45, 2.75) is 32.4 Å². The van der Waals surface area contributed by atoms with Crippen molar-refractivity contribution >= 4 is 5.91 Å². The molecule has 5 heteroatoms. The van der Waals surface area contributed by atoms with E-state index in [4.69, 9.17) is 5.84 Å². The van der Waals surface area contributed by atoms with Crippen LogP contribution in [0.5, 0.6) is 0 Å². The fraction of sp³-hybridized carbons (Fsp3) is 0.500. The summed E-state index contributed by atoms with van der Waals surface area (Å²) in [4.78, 5) is 17.3. The van der Waals surface area contributed by atoms with Crippen molar-refractivity contribution in [3.05, 3.63) is 30.1 Å². The standard InChI is InChI=1S/C12H20N4O/c1-10(5-6-12(17)15-13)16(2)9-11-4-3-7-14-8-11/h3-4,7-8,10H,5-6,9,13H2,1-2H3,(H,15,17). The number of rotatable bonds is 6. The van der Waals surface area contributed by atoms with E-state index in [0.717, 1.165) is 13.0 Å². The van der Waals surface area contributed by atoms with Gasteiger partial charge in [-0.05, 0) is 32.0 Å². The zero-order valence-electron chi connectivity index (χ0n) is 10.4. The van der Waals surface area contributed by atoms with Gasteiger partial charge in [0.25, 0.3) is 0 Å². The Balaban J connectivity index is 2.37. The molecule has 0 aliphatic rings. The summed E-state index contributed by atoms with van der Waals surface area (Å²) in [5, 5.41) is 0. The van der Waals surface area contributed by atoms with Gasteiger partial charge in [0, 0.05) is 31.4 Å². The summed E-state index contributed by atoms with van der Waals surface area (Å²) in [6.45, 7) is 2.93. The van der Waals surface area contributed by atoms with E-state index in [-0.39, 0.29) is 5.91 Å². The Kier molecular flexibility index (Phi) is 5.59. The second-order valence-electron chi connectivity index (χ2n) is 4.23. The average molecular weight is 236 g/mol. The molecule has 0 bridgehead atoms. The lowest BCUT2D eigenvalue weighted by Gasteiger charge is -2.24. The van der Waals surface area contributed by atoms with Gasteiger partial charge in [-0.15, -0.1) is 0 Å². The van der Waals surface area contributed by atoms with E-state index in [1.165, 1.54) is 5.56 Å². The Morgan fingerprint density at radius 2 is 2.41 bits per heavy atom. The van der Waals surface area contributed by atoms with Gasteiger partial charge in [0.15, 0.2) is 0 Å². The van der Waals surface area contributed by atoms with Gasteiger partial charge in [-0.1, -0.05) is 6.07 Å². The number of hydrogen-bond acceptors (Lipinski definition) is 4. The highest BCUT2D eigenvalue weighted by Crippen LogP contribution is 2.08. The van der Waals surface area contributed by atoms with E-state index in [9.17, 15) is 4.79 Å². The monoisotopic (exact) mass is 236 g/mol. The Bertz CT molecular complexity index is 342. The first-order valence-electron chi connectivity index (χ1n) is 5.72. The number of nitrogens with two attached hydrogens (primary N) is 1. The molecule has 1 rings (SSSR count). The molecule has 94 valence electrons. The number of carbonyl (C=O) groups excluding carboxylic acids is 1. The summed E-state index contributed by atoms with van der Waals surface area (Å²) in [5.74, 6) is 4.92. The molecule has 1 atom stereocenters. The van der Waals surface area contributed by atoms with Crippen LogP contribution in [-0.2, 0) is 11.3 Å². The van der Waals surface area contributed by atoms with Crippen LogP contribution in [0.3, 0.4) is 0 Å². The number of amides is 1. The van der Waals surface area contributed by atoms with Gasteiger partial charge in [-0.3, -0.25) is 20.1 Å². The lowest BCUT2D eigenvalue weighted by molar-refractivity contribution is -0.121. The summed E-state index contributed by atoms with van der Waals surface area (Å²) in [6, 6.07) is 4.30. The predicted octanol–water partition coefficient (Wildman–Crippen LogP) is 0.672. The van der Waals surface area contributed by atoms with E-state index in [1.807, 2.05) is 25.4 Å². The van der Waals surface area contributed by atoms with Crippen LogP contribution in [0.25, 0.3) is 0 Å². The Hall–Kier alpha value is -1.46. The molecule has 0 saturated carbocycles. The summed E-state index contributed by atoms with van der Waals surface area (Å²) in [5.41, 5.74) is 3.31. The van der Waals surface area contributed by atoms with Crippen LogP contribution >= 0.6 is 0 Å². The molecular formula is C12H20N4O. The Morgan fingerprint density at radius 3 is 3.00 bits per heavy atom. The third-order valence-electron chi connectivity index (χ3n) is 2.86. The molecule has 1 aromatic rings. The molecule has 1 amide bonds. The molecule has 0 spiro atoms. The van der Waals surface area contributed by atoms with Crippen LogP contribution in [0.1, 0.15) is 25.3 Å². The average Bonchev–Trinajstić information content (AvgIpc) is 2.36. The summed E-state index contributed by atoms with van der Waals surface area (Å²) in [7, 11) is 2.04. The number of nitrogens with zero attached hydrogens (tertiary/aromatic N) is 2. The van der Waals surface area contributed by atoms with Crippen molar-refractivity contribution in [3.63, 3.8) is 0 Å². The van der Waals surface area contributed by atoms with E-state index >= 15 is 0 Å². The lowest BCUT2D eigenvalue weighted by Crippen LogP contribution is -2.33.